The molecule has 0 bridgehead atoms. The Hall–Kier alpha value is -3.63. The normalized spacial score (nSPS) is 12.4. The number of hydrogen-bond donors (Lipinski definition) is 1. The number of carbonyl (C=O) groups excluding carboxylic acids is 2. The quantitative estimate of drug-likeness (QED) is 0.386. The smallest absolute Gasteiger partial charge is 0.356 e. The Bertz CT molecular complexity index is 1240. The molecule has 7 nitrogen and oxygen atoms in total. The van der Waals surface area contributed by atoms with Gasteiger partial charge in [-0.3, -0.25) is 0 Å². The van der Waals surface area contributed by atoms with E-state index >= 15 is 0 Å². The summed E-state index contributed by atoms with van der Waals surface area (Å²) in [6.45, 7) is 9.05. The first-order chi connectivity index (χ1) is 14.6. The van der Waals surface area contributed by atoms with Crippen LogP contribution in [0.15, 0.2) is 42.5 Å². The first kappa shape index (κ1) is 22.1. The highest BCUT2D eigenvalue weighted by molar-refractivity contribution is 6.11. The SMILES string of the molecule is C#CCn1c2ccccc2c2cc(C(=O)OC)nc(C(O)C(=C)C(=O)OC(C)(C)C)c21. The second kappa shape index (κ2) is 8.25. The molecule has 1 aromatic carbocycles. The Morgan fingerprint density at radius 3 is 2.58 bits per heavy atom. The average molecular weight is 420 g/mol. The van der Waals surface area contributed by atoms with Gasteiger partial charge in [0.15, 0.2) is 0 Å². The van der Waals surface area contributed by atoms with Crippen LogP contribution in [-0.4, -0.2) is 39.3 Å². The van der Waals surface area contributed by atoms with E-state index in [9.17, 15) is 14.7 Å². The predicted molar refractivity (Wildman–Crippen MR) is 117 cm³/mol. The fourth-order valence-corrected chi connectivity index (χ4v) is 3.38. The van der Waals surface area contributed by atoms with Gasteiger partial charge in [0.1, 0.15) is 17.4 Å². The number of carbonyl (C=O) groups is 2. The number of terminal acetylenes is 1. The summed E-state index contributed by atoms with van der Waals surface area (Å²) >= 11 is 0. The molecule has 0 aliphatic carbocycles. The molecule has 0 aliphatic heterocycles. The second-order valence-corrected chi connectivity index (χ2v) is 8.02. The van der Waals surface area contributed by atoms with E-state index in [-0.39, 0.29) is 23.5 Å². The Morgan fingerprint density at radius 2 is 1.97 bits per heavy atom. The van der Waals surface area contributed by atoms with Crippen molar-refractivity contribution in [2.24, 2.45) is 0 Å². The Kier molecular flexibility index (Phi) is 5.87. The number of pyridine rings is 1. The van der Waals surface area contributed by atoms with Crippen LogP contribution in [0, 0.1) is 12.3 Å². The minimum atomic E-state index is -1.53. The number of fused-ring (bicyclic) bond motifs is 3. The highest BCUT2D eigenvalue weighted by atomic mass is 16.6. The van der Waals surface area contributed by atoms with E-state index in [0.717, 1.165) is 10.9 Å². The van der Waals surface area contributed by atoms with Crippen molar-refractivity contribution in [2.45, 2.75) is 39.0 Å². The standard InChI is InChI=1S/C24H24N2O5/c1-7-12-26-18-11-9-8-10-15(18)16-13-17(23(29)30-6)25-19(20(16)26)21(27)14(2)22(28)31-24(3,4)5/h1,8-11,13,21,27H,2,12H2,3-6H3. The van der Waals surface area contributed by atoms with Gasteiger partial charge in [-0.05, 0) is 32.9 Å². The first-order valence-electron chi connectivity index (χ1n) is 9.63. The van der Waals surface area contributed by atoms with Crippen LogP contribution >= 0.6 is 0 Å². The molecule has 1 atom stereocenters. The second-order valence-electron chi connectivity index (χ2n) is 8.02. The molecule has 3 rings (SSSR count). The van der Waals surface area contributed by atoms with E-state index in [1.165, 1.54) is 7.11 Å². The van der Waals surface area contributed by atoms with Gasteiger partial charge in [0.2, 0.25) is 0 Å². The molecule has 2 heterocycles. The third-order valence-corrected chi connectivity index (χ3v) is 4.67. The molecule has 3 aromatic rings. The number of hydrogen-bond acceptors (Lipinski definition) is 6. The monoisotopic (exact) mass is 420 g/mol. The molecule has 7 heteroatoms. The van der Waals surface area contributed by atoms with E-state index in [2.05, 4.69) is 17.5 Å². The third-order valence-electron chi connectivity index (χ3n) is 4.67. The van der Waals surface area contributed by atoms with Crippen molar-refractivity contribution in [1.82, 2.24) is 9.55 Å². The minimum Gasteiger partial charge on any atom is -0.464 e. The van der Waals surface area contributed by atoms with E-state index in [4.69, 9.17) is 15.9 Å². The van der Waals surface area contributed by atoms with Gasteiger partial charge in [-0.2, -0.15) is 0 Å². The summed E-state index contributed by atoms with van der Waals surface area (Å²) in [6.07, 6.45) is 4.06. The minimum absolute atomic E-state index is 0.00958. The number of aromatic nitrogens is 2. The Labute approximate surface area is 180 Å². The van der Waals surface area contributed by atoms with Gasteiger partial charge in [0, 0.05) is 10.8 Å². The van der Waals surface area contributed by atoms with Crippen LogP contribution in [0.25, 0.3) is 21.8 Å². The number of aliphatic hydroxyl groups is 1. The summed E-state index contributed by atoms with van der Waals surface area (Å²) < 4.78 is 12.0. The van der Waals surface area contributed by atoms with Gasteiger partial charge in [0.05, 0.1) is 36.0 Å². The number of aliphatic hydroxyl groups excluding tert-OH is 1. The van der Waals surface area contributed by atoms with Gasteiger partial charge >= 0.3 is 11.9 Å². The fourth-order valence-electron chi connectivity index (χ4n) is 3.38. The summed E-state index contributed by atoms with van der Waals surface area (Å²) in [5.74, 6) is 1.16. The number of rotatable bonds is 5. The largest absolute Gasteiger partial charge is 0.464 e. The van der Waals surface area contributed by atoms with Gasteiger partial charge in [-0.1, -0.05) is 30.7 Å². The van der Waals surface area contributed by atoms with Crippen molar-refractivity contribution >= 4 is 33.7 Å². The maximum absolute atomic E-state index is 12.5. The predicted octanol–water partition coefficient (Wildman–Crippen LogP) is 3.54. The lowest BCUT2D eigenvalue weighted by Gasteiger charge is -2.22. The van der Waals surface area contributed by atoms with E-state index in [0.29, 0.717) is 10.9 Å². The highest BCUT2D eigenvalue weighted by Crippen LogP contribution is 2.35. The number of esters is 2. The van der Waals surface area contributed by atoms with Crippen LogP contribution in [0.4, 0.5) is 0 Å². The number of benzene rings is 1. The fraction of sp³-hybridized carbons (Fsp3) is 0.292. The Balaban J connectivity index is 2.30. The van der Waals surface area contributed by atoms with Crippen molar-refractivity contribution in [3.63, 3.8) is 0 Å². The van der Waals surface area contributed by atoms with Crippen LogP contribution in [-0.2, 0) is 20.8 Å². The van der Waals surface area contributed by atoms with Crippen LogP contribution in [0.2, 0.25) is 0 Å². The van der Waals surface area contributed by atoms with Gasteiger partial charge in [0.25, 0.3) is 0 Å². The lowest BCUT2D eigenvalue weighted by atomic mass is 10.0. The molecule has 1 unspecified atom stereocenters. The zero-order chi connectivity index (χ0) is 22.9. The van der Waals surface area contributed by atoms with E-state index in [1.54, 1.807) is 31.4 Å². The summed E-state index contributed by atoms with van der Waals surface area (Å²) in [4.78, 5) is 29.1. The average Bonchev–Trinajstić information content (AvgIpc) is 3.04. The van der Waals surface area contributed by atoms with Gasteiger partial charge in [-0.25, -0.2) is 14.6 Å². The third kappa shape index (κ3) is 4.16. The van der Waals surface area contributed by atoms with Crippen molar-refractivity contribution in [2.75, 3.05) is 7.11 Å². The summed E-state index contributed by atoms with van der Waals surface area (Å²) in [5.41, 5.74) is 0.391. The van der Waals surface area contributed by atoms with Gasteiger partial charge in [-0.15, -0.1) is 6.42 Å². The molecule has 0 aliphatic rings. The summed E-state index contributed by atoms with van der Waals surface area (Å²) in [7, 11) is 1.24. The maximum atomic E-state index is 12.5. The molecule has 0 amide bonds. The summed E-state index contributed by atoms with van der Waals surface area (Å²) in [5, 5.41) is 12.5. The molecule has 2 aromatic heterocycles. The highest BCUT2D eigenvalue weighted by Gasteiger charge is 2.29. The lowest BCUT2D eigenvalue weighted by molar-refractivity contribution is -0.151. The zero-order valence-corrected chi connectivity index (χ0v) is 17.9. The van der Waals surface area contributed by atoms with Crippen LogP contribution < -0.4 is 0 Å². The first-order valence-corrected chi connectivity index (χ1v) is 9.63. The molecule has 31 heavy (non-hydrogen) atoms. The summed E-state index contributed by atoms with van der Waals surface area (Å²) in [6, 6.07) is 9.06. The molecular formula is C24H24N2O5. The lowest BCUT2D eigenvalue weighted by Crippen LogP contribution is -2.26. The molecule has 0 saturated carbocycles. The molecule has 0 fully saturated rings. The Morgan fingerprint density at radius 1 is 1.29 bits per heavy atom. The number of para-hydroxylation sites is 1. The van der Waals surface area contributed by atoms with E-state index < -0.39 is 23.6 Å². The zero-order valence-electron chi connectivity index (χ0n) is 17.9. The molecule has 160 valence electrons. The molecule has 0 radical (unpaired) electrons. The number of nitrogens with zero attached hydrogens (tertiary/aromatic N) is 2. The van der Waals surface area contributed by atoms with E-state index in [1.807, 2.05) is 24.3 Å². The maximum Gasteiger partial charge on any atom is 0.356 e. The number of ether oxygens (including phenoxy) is 2. The molecular weight excluding hydrogens is 396 g/mol. The van der Waals surface area contributed by atoms with Crippen molar-refractivity contribution in [3.05, 3.63) is 53.9 Å². The van der Waals surface area contributed by atoms with Crippen LogP contribution in [0.1, 0.15) is 43.1 Å². The number of methoxy groups -OCH3 is 1. The molecule has 0 saturated heterocycles. The molecule has 0 spiro atoms. The van der Waals surface area contributed by atoms with Crippen molar-refractivity contribution in [3.8, 4) is 12.3 Å². The van der Waals surface area contributed by atoms with Crippen LogP contribution in [0.5, 0.6) is 0 Å². The van der Waals surface area contributed by atoms with Gasteiger partial charge < -0.3 is 19.1 Å². The van der Waals surface area contributed by atoms with Crippen molar-refractivity contribution < 1.29 is 24.2 Å². The molecule has 1 N–H and O–H groups in total. The van der Waals surface area contributed by atoms with Crippen molar-refractivity contribution in [1.29, 1.82) is 0 Å². The van der Waals surface area contributed by atoms with Crippen LogP contribution in [0.3, 0.4) is 0 Å². The topological polar surface area (TPSA) is 90.7 Å².